The highest BCUT2D eigenvalue weighted by atomic mass is 32.1. The van der Waals surface area contributed by atoms with Crippen LogP contribution in [0.15, 0.2) is 47.8 Å². The van der Waals surface area contributed by atoms with Crippen molar-refractivity contribution >= 4 is 22.1 Å². The molecular formula is C18H20N2S. The van der Waals surface area contributed by atoms with Gasteiger partial charge in [0, 0.05) is 23.5 Å². The van der Waals surface area contributed by atoms with Gasteiger partial charge in [-0.2, -0.15) is 0 Å². The van der Waals surface area contributed by atoms with Crippen LogP contribution in [0.4, 0.5) is 0 Å². The molecule has 108 valence electrons. The third kappa shape index (κ3) is 3.31. The van der Waals surface area contributed by atoms with Crippen molar-refractivity contribution in [1.29, 1.82) is 0 Å². The second-order valence-corrected chi connectivity index (χ2v) is 6.36. The normalized spacial score (nSPS) is 12.7. The van der Waals surface area contributed by atoms with Gasteiger partial charge >= 0.3 is 0 Å². The number of hydrogen-bond acceptors (Lipinski definition) is 3. The minimum Gasteiger partial charge on any atom is -0.316 e. The van der Waals surface area contributed by atoms with E-state index < -0.39 is 0 Å². The summed E-state index contributed by atoms with van der Waals surface area (Å²) >= 11 is 1.76. The van der Waals surface area contributed by atoms with Gasteiger partial charge in [-0.3, -0.25) is 0 Å². The Morgan fingerprint density at radius 1 is 1.10 bits per heavy atom. The van der Waals surface area contributed by atoms with Crippen LogP contribution in [-0.2, 0) is 12.8 Å². The predicted molar refractivity (Wildman–Crippen MR) is 91.1 cm³/mol. The Labute approximate surface area is 129 Å². The molecule has 0 fully saturated rings. The van der Waals surface area contributed by atoms with Crippen molar-refractivity contribution in [3.05, 3.63) is 64.1 Å². The largest absolute Gasteiger partial charge is 0.316 e. The maximum absolute atomic E-state index is 4.58. The molecule has 0 amide bonds. The quantitative estimate of drug-likeness (QED) is 0.770. The average Bonchev–Trinajstić information content (AvgIpc) is 2.92. The second-order valence-electron chi connectivity index (χ2n) is 5.41. The molecule has 3 aromatic rings. The molecule has 1 aromatic heterocycles. The lowest BCUT2D eigenvalue weighted by Gasteiger charge is -2.16. The maximum atomic E-state index is 4.58. The summed E-state index contributed by atoms with van der Waals surface area (Å²) in [5.74, 6) is 0. The number of aryl methyl sites for hydroxylation is 1. The Morgan fingerprint density at radius 2 is 1.90 bits per heavy atom. The molecule has 0 radical (unpaired) electrons. The van der Waals surface area contributed by atoms with Crippen LogP contribution in [0.25, 0.3) is 10.8 Å². The molecule has 0 aliphatic heterocycles. The Hall–Kier alpha value is -1.71. The Bertz CT molecular complexity index is 727. The van der Waals surface area contributed by atoms with Gasteiger partial charge < -0.3 is 5.32 Å². The number of likely N-dealkylation sites (N-methyl/N-ethyl adjacent to an activating group) is 1. The summed E-state index contributed by atoms with van der Waals surface area (Å²) in [6.45, 7) is 2.05. The van der Waals surface area contributed by atoms with Crippen molar-refractivity contribution in [3.63, 3.8) is 0 Å². The summed E-state index contributed by atoms with van der Waals surface area (Å²) in [5, 5.41) is 9.45. The Morgan fingerprint density at radius 3 is 2.67 bits per heavy atom. The summed E-state index contributed by atoms with van der Waals surface area (Å²) in [5.41, 5.74) is 2.52. The number of benzene rings is 2. The molecule has 0 aliphatic carbocycles. The van der Waals surface area contributed by atoms with Gasteiger partial charge in [-0.05, 0) is 36.7 Å². The van der Waals surface area contributed by atoms with Crippen molar-refractivity contribution in [2.24, 2.45) is 0 Å². The van der Waals surface area contributed by atoms with Gasteiger partial charge in [0.15, 0.2) is 0 Å². The van der Waals surface area contributed by atoms with Gasteiger partial charge in [-0.15, -0.1) is 11.3 Å². The highest BCUT2D eigenvalue weighted by Gasteiger charge is 2.12. The topological polar surface area (TPSA) is 24.9 Å². The third-order valence-electron chi connectivity index (χ3n) is 3.84. The van der Waals surface area contributed by atoms with Crippen LogP contribution in [-0.4, -0.2) is 18.1 Å². The number of aromatic nitrogens is 1. The molecule has 0 bridgehead atoms. The average molecular weight is 296 g/mol. The van der Waals surface area contributed by atoms with Gasteiger partial charge in [0.05, 0.1) is 5.01 Å². The fourth-order valence-corrected chi connectivity index (χ4v) is 3.57. The number of nitrogens with zero attached hydrogens (tertiary/aromatic N) is 1. The Kier molecular flexibility index (Phi) is 4.32. The maximum Gasteiger partial charge on any atom is 0.0943 e. The van der Waals surface area contributed by atoms with Crippen LogP contribution >= 0.6 is 11.3 Å². The van der Waals surface area contributed by atoms with Gasteiger partial charge in [0.2, 0.25) is 0 Å². The molecule has 1 atom stereocenters. The minimum absolute atomic E-state index is 0.418. The molecule has 0 saturated carbocycles. The number of hydrogen-bond donors (Lipinski definition) is 1. The molecular weight excluding hydrogens is 276 g/mol. The molecule has 21 heavy (non-hydrogen) atoms. The van der Waals surface area contributed by atoms with E-state index in [9.17, 15) is 0 Å². The predicted octanol–water partition coefficient (Wildman–Crippen LogP) is 3.98. The lowest BCUT2D eigenvalue weighted by molar-refractivity contribution is 0.556. The smallest absolute Gasteiger partial charge is 0.0943 e. The van der Waals surface area contributed by atoms with Crippen molar-refractivity contribution < 1.29 is 0 Å². The van der Waals surface area contributed by atoms with Crippen LogP contribution in [0.2, 0.25) is 0 Å². The molecule has 1 N–H and O–H groups in total. The van der Waals surface area contributed by atoms with Gasteiger partial charge in [0.25, 0.3) is 0 Å². The zero-order chi connectivity index (χ0) is 14.7. The highest BCUT2D eigenvalue weighted by Crippen LogP contribution is 2.21. The molecule has 0 spiro atoms. The molecule has 1 unspecified atom stereocenters. The highest BCUT2D eigenvalue weighted by molar-refractivity contribution is 7.09. The summed E-state index contributed by atoms with van der Waals surface area (Å²) in [7, 11) is 2.04. The van der Waals surface area contributed by atoms with Crippen LogP contribution < -0.4 is 5.32 Å². The number of fused-ring (bicyclic) bond motifs is 1. The second kappa shape index (κ2) is 6.37. The lowest BCUT2D eigenvalue weighted by atomic mass is 9.97. The van der Waals surface area contributed by atoms with Crippen LogP contribution in [0, 0.1) is 6.92 Å². The molecule has 0 saturated heterocycles. The number of nitrogens with one attached hydrogen (secondary N) is 1. The number of rotatable bonds is 5. The minimum atomic E-state index is 0.418. The molecule has 1 heterocycles. The lowest BCUT2D eigenvalue weighted by Crippen LogP contribution is -2.29. The van der Waals surface area contributed by atoms with E-state index >= 15 is 0 Å². The summed E-state index contributed by atoms with van der Waals surface area (Å²) in [6, 6.07) is 15.6. The van der Waals surface area contributed by atoms with E-state index in [-0.39, 0.29) is 0 Å². The molecule has 3 rings (SSSR count). The van der Waals surface area contributed by atoms with E-state index in [0.717, 1.165) is 18.5 Å². The van der Waals surface area contributed by atoms with Crippen molar-refractivity contribution in [3.8, 4) is 0 Å². The van der Waals surface area contributed by atoms with Crippen molar-refractivity contribution in [2.75, 3.05) is 7.05 Å². The monoisotopic (exact) mass is 296 g/mol. The van der Waals surface area contributed by atoms with Crippen molar-refractivity contribution in [1.82, 2.24) is 10.3 Å². The first-order valence-corrected chi connectivity index (χ1v) is 8.19. The van der Waals surface area contributed by atoms with Gasteiger partial charge in [-0.25, -0.2) is 4.98 Å². The molecule has 2 nitrogen and oxygen atoms in total. The third-order valence-corrected chi connectivity index (χ3v) is 4.83. The summed E-state index contributed by atoms with van der Waals surface area (Å²) in [6.07, 6.45) is 2.01. The first-order valence-electron chi connectivity index (χ1n) is 7.31. The standard InChI is InChI=1S/C18H20N2S/c1-13-12-21-18(20-13)11-16(19-2)10-15-8-5-7-14-6-3-4-9-17(14)15/h3-9,12,16,19H,10-11H2,1-2H3. The first kappa shape index (κ1) is 14.2. The van der Waals surface area contributed by atoms with Gasteiger partial charge in [-0.1, -0.05) is 42.5 Å². The molecule has 0 aliphatic rings. The summed E-state index contributed by atoms with van der Waals surface area (Å²) in [4.78, 5) is 4.58. The molecule has 2 aromatic carbocycles. The SMILES string of the molecule is CNC(Cc1nc(C)cs1)Cc1cccc2ccccc12. The fourth-order valence-electron chi connectivity index (χ4n) is 2.72. The van der Waals surface area contributed by atoms with E-state index in [1.165, 1.54) is 21.3 Å². The van der Waals surface area contributed by atoms with Crippen LogP contribution in [0.5, 0.6) is 0 Å². The fraction of sp³-hybridized carbons (Fsp3) is 0.278. The Balaban J connectivity index is 1.82. The first-order chi connectivity index (χ1) is 10.3. The van der Waals surface area contributed by atoms with E-state index in [2.05, 4.69) is 65.1 Å². The van der Waals surface area contributed by atoms with Crippen LogP contribution in [0.3, 0.4) is 0 Å². The zero-order valence-corrected chi connectivity index (χ0v) is 13.3. The summed E-state index contributed by atoms with van der Waals surface area (Å²) < 4.78 is 0. The van der Waals surface area contributed by atoms with E-state index in [0.29, 0.717) is 6.04 Å². The zero-order valence-electron chi connectivity index (χ0n) is 12.5. The van der Waals surface area contributed by atoms with Gasteiger partial charge in [0.1, 0.15) is 0 Å². The number of thiazole rings is 1. The van der Waals surface area contributed by atoms with E-state index in [1.807, 2.05) is 7.05 Å². The van der Waals surface area contributed by atoms with E-state index in [1.54, 1.807) is 11.3 Å². The van der Waals surface area contributed by atoms with Crippen LogP contribution in [0.1, 0.15) is 16.3 Å². The molecule has 3 heteroatoms. The van der Waals surface area contributed by atoms with E-state index in [4.69, 9.17) is 0 Å². The van der Waals surface area contributed by atoms with Crippen molar-refractivity contribution in [2.45, 2.75) is 25.8 Å².